The molecule has 2 amide bonds. The summed E-state index contributed by atoms with van der Waals surface area (Å²) in [5.41, 5.74) is 0.351. The highest BCUT2D eigenvalue weighted by Gasteiger charge is 2.36. The first-order valence-electron chi connectivity index (χ1n) is 8.75. The lowest BCUT2D eigenvalue weighted by Gasteiger charge is -2.31. The average Bonchev–Trinajstić information content (AvgIpc) is 3.06. The van der Waals surface area contributed by atoms with Crippen LogP contribution in [-0.2, 0) is 4.79 Å². The molecule has 2 fully saturated rings. The van der Waals surface area contributed by atoms with Crippen LogP contribution in [0.3, 0.4) is 0 Å². The average molecular weight is 384 g/mol. The van der Waals surface area contributed by atoms with Gasteiger partial charge in [0.15, 0.2) is 0 Å². The molecule has 2 heterocycles. The van der Waals surface area contributed by atoms with E-state index in [1.807, 2.05) is 0 Å². The molecule has 1 aromatic carbocycles. The molecular formula is C18H23Cl2N3O2. The Morgan fingerprint density at radius 2 is 2.08 bits per heavy atom. The maximum Gasteiger partial charge on any atom is 0.256 e. The predicted octanol–water partition coefficient (Wildman–Crippen LogP) is 2.85. The quantitative estimate of drug-likeness (QED) is 0.843. The van der Waals surface area contributed by atoms with Gasteiger partial charge in [-0.1, -0.05) is 23.2 Å². The highest BCUT2D eigenvalue weighted by molar-refractivity contribution is 6.35. The maximum absolute atomic E-state index is 12.9. The second-order valence-corrected chi connectivity index (χ2v) is 7.71. The van der Waals surface area contributed by atoms with E-state index >= 15 is 0 Å². The minimum absolute atomic E-state index is 0.0666. The van der Waals surface area contributed by atoms with Gasteiger partial charge in [-0.3, -0.25) is 9.59 Å². The van der Waals surface area contributed by atoms with E-state index in [2.05, 4.69) is 17.6 Å². The summed E-state index contributed by atoms with van der Waals surface area (Å²) in [7, 11) is 0. The molecule has 5 nitrogen and oxygen atoms in total. The fourth-order valence-corrected chi connectivity index (χ4v) is 4.03. The van der Waals surface area contributed by atoms with E-state index in [4.69, 9.17) is 23.2 Å². The van der Waals surface area contributed by atoms with Crippen molar-refractivity contribution in [2.75, 3.05) is 13.1 Å². The van der Waals surface area contributed by atoms with Crippen molar-refractivity contribution in [1.29, 1.82) is 0 Å². The number of halogens is 2. The van der Waals surface area contributed by atoms with Crippen LogP contribution in [0.4, 0.5) is 0 Å². The van der Waals surface area contributed by atoms with Crippen LogP contribution in [0.5, 0.6) is 0 Å². The molecule has 25 heavy (non-hydrogen) atoms. The van der Waals surface area contributed by atoms with Crippen LogP contribution in [-0.4, -0.2) is 47.9 Å². The number of nitrogens with zero attached hydrogens (tertiary/aromatic N) is 1. The molecule has 2 N–H and O–H groups in total. The number of likely N-dealkylation sites (tertiary alicyclic amines) is 1. The molecule has 0 bridgehead atoms. The lowest BCUT2D eigenvalue weighted by Crippen LogP contribution is -2.52. The Balaban J connectivity index is 1.70. The normalized spacial score (nSPS) is 26.5. The van der Waals surface area contributed by atoms with Crippen molar-refractivity contribution in [3.05, 3.63) is 33.8 Å². The summed E-state index contributed by atoms with van der Waals surface area (Å²) in [6.45, 7) is 3.57. The van der Waals surface area contributed by atoms with Crippen LogP contribution in [0.1, 0.15) is 43.0 Å². The molecule has 136 valence electrons. The van der Waals surface area contributed by atoms with Gasteiger partial charge < -0.3 is 15.5 Å². The Bertz CT molecular complexity index is 668. The Morgan fingerprint density at radius 3 is 2.84 bits per heavy atom. The molecule has 0 saturated carbocycles. The van der Waals surface area contributed by atoms with Gasteiger partial charge in [-0.15, -0.1) is 0 Å². The Kier molecular flexibility index (Phi) is 5.87. The molecule has 0 radical (unpaired) electrons. The highest BCUT2D eigenvalue weighted by Crippen LogP contribution is 2.26. The minimum Gasteiger partial charge on any atom is -0.351 e. The fraction of sp³-hybridized carbons (Fsp3) is 0.556. The van der Waals surface area contributed by atoms with Crippen molar-refractivity contribution >= 4 is 35.0 Å². The SMILES string of the molecule is CC1CC(NC(=O)C2CCCN2C(=O)c2cc(Cl)ccc2Cl)CCN1. The molecule has 0 aliphatic carbocycles. The van der Waals surface area contributed by atoms with Crippen LogP contribution in [0.2, 0.25) is 10.0 Å². The standard InChI is InChI=1S/C18H23Cl2N3O2/c1-11-9-13(6-7-21-11)22-17(24)16-3-2-8-23(16)18(25)14-10-12(19)4-5-15(14)20/h4-5,10-11,13,16,21H,2-3,6-9H2,1H3,(H,22,24). The fourth-order valence-electron chi connectivity index (χ4n) is 3.66. The van der Waals surface area contributed by atoms with Crippen molar-refractivity contribution in [2.45, 2.75) is 50.7 Å². The van der Waals surface area contributed by atoms with E-state index in [1.165, 1.54) is 0 Å². The molecule has 3 rings (SSSR count). The van der Waals surface area contributed by atoms with Crippen molar-refractivity contribution in [2.24, 2.45) is 0 Å². The topological polar surface area (TPSA) is 61.4 Å². The first-order valence-corrected chi connectivity index (χ1v) is 9.51. The van der Waals surface area contributed by atoms with Gasteiger partial charge in [0.2, 0.25) is 5.91 Å². The summed E-state index contributed by atoms with van der Waals surface area (Å²) in [5.74, 6) is -0.299. The van der Waals surface area contributed by atoms with Crippen LogP contribution in [0.15, 0.2) is 18.2 Å². The van der Waals surface area contributed by atoms with Crippen LogP contribution >= 0.6 is 23.2 Å². The van der Waals surface area contributed by atoms with E-state index < -0.39 is 6.04 Å². The first-order chi connectivity index (χ1) is 12.0. The van der Waals surface area contributed by atoms with Gasteiger partial charge in [0.25, 0.3) is 5.91 Å². The molecule has 0 aromatic heterocycles. The van der Waals surface area contributed by atoms with Gasteiger partial charge >= 0.3 is 0 Å². The molecule has 0 spiro atoms. The zero-order chi connectivity index (χ0) is 18.0. The number of rotatable bonds is 3. The van der Waals surface area contributed by atoms with E-state index in [9.17, 15) is 9.59 Å². The summed E-state index contributed by atoms with van der Waals surface area (Å²) in [5, 5.41) is 7.30. The molecule has 7 heteroatoms. The summed E-state index contributed by atoms with van der Waals surface area (Å²) in [6, 6.07) is 4.94. The van der Waals surface area contributed by atoms with Crippen molar-refractivity contribution < 1.29 is 9.59 Å². The summed E-state index contributed by atoms with van der Waals surface area (Å²) in [6.07, 6.45) is 3.31. The lowest BCUT2D eigenvalue weighted by atomic mass is 10.00. The Labute approximate surface area is 158 Å². The lowest BCUT2D eigenvalue weighted by molar-refractivity contribution is -0.125. The Morgan fingerprint density at radius 1 is 1.28 bits per heavy atom. The molecule has 2 aliphatic rings. The third-order valence-corrected chi connectivity index (χ3v) is 5.51. The zero-order valence-corrected chi connectivity index (χ0v) is 15.7. The van der Waals surface area contributed by atoms with Gasteiger partial charge in [0.1, 0.15) is 6.04 Å². The van der Waals surface area contributed by atoms with E-state index in [1.54, 1.807) is 23.1 Å². The van der Waals surface area contributed by atoms with E-state index in [-0.39, 0.29) is 17.9 Å². The third kappa shape index (κ3) is 4.27. The van der Waals surface area contributed by atoms with Crippen molar-refractivity contribution in [3.8, 4) is 0 Å². The number of carbonyl (C=O) groups is 2. The number of hydrogen-bond acceptors (Lipinski definition) is 3. The predicted molar refractivity (Wildman–Crippen MR) is 99.1 cm³/mol. The summed E-state index contributed by atoms with van der Waals surface area (Å²) < 4.78 is 0. The van der Waals surface area contributed by atoms with Gasteiger partial charge in [-0.25, -0.2) is 0 Å². The summed E-state index contributed by atoms with van der Waals surface area (Å²) >= 11 is 12.1. The number of hydrogen-bond donors (Lipinski definition) is 2. The molecule has 2 aliphatic heterocycles. The maximum atomic E-state index is 12.9. The monoisotopic (exact) mass is 383 g/mol. The number of piperidine rings is 1. The van der Waals surface area contributed by atoms with Crippen LogP contribution < -0.4 is 10.6 Å². The smallest absolute Gasteiger partial charge is 0.256 e. The number of carbonyl (C=O) groups excluding carboxylic acids is 2. The third-order valence-electron chi connectivity index (χ3n) is 4.95. The van der Waals surface area contributed by atoms with Gasteiger partial charge in [0, 0.05) is 23.7 Å². The van der Waals surface area contributed by atoms with Crippen LogP contribution in [0.25, 0.3) is 0 Å². The molecule has 3 atom stereocenters. The first kappa shape index (κ1) is 18.5. The molecule has 2 saturated heterocycles. The number of amides is 2. The second-order valence-electron chi connectivity index (χ2n) is 6.87. The number of nitrogens with one attached hydrogen (secondary N) is 2. The molecule has 1 aromatic rings. The van der Waals surface area contributed by atoms with Crippen molar-refractivity contribution in [3.63, 3.8) is 0 Å². The van der Waals surface area contributed by atoms with Gasteiger partial charge in [-0.2, -0.15) is 0 Å². The number of benzene rings is 1. The summed E-state index contributed by atoms with van der Waals surface area (Å²) in [4.78, 5) is 27.2. The molecule has 3 unspecified atom stereocenters. The Hall–Kier alpha value is -1.30. The van der Waals surface area contributed by atoms with Crippen LogP contribution in [0, 0.1) is 0 Å². The zero-order valence-electron chi connectivity index (χ0n) is 14.2. The van der Waals surface area contributed by atoms with Crippen molar-refractivity contribution in [1.82, 2.24) is 15.5 Å². The van der Waals surface area contributed by atoms with Gasteiger partial charge in [-0.05, 0) is 57.4 Å². The molecular weight excluding hydrogens is 361 g/mol. The minimum atomic E-state index is -0.437. The largest absolute Gasteiger partial charge is 0.351 e. The second kappa shape index (κ2) is 7.94. The highest BCUT2D eigenvalue weighted by atomic mass is 35.5. The van der Waals surface area contributed by atoms with Gasteiger partial charge in [0.05, 0.1) is 10.6 Å². The van der Waals surface area contributed by atoms with E-state index in [0.29, 0.717) is 34.6 Å². The van der Waals surface area contributed by atoms with E-state index in [0.717, 1.165) is 25.8 Å².